The van der Waals surface area contributed by atoms with Crippen molar-refractivity contribution in [2.75, 3.05) is 31.7 Å². The minimum Gasteiger partial charge on any atom is -0.494 e. The summed E-state index contributed by atoms with van der Waals surface area (Å²) in [5, 5.41) is 29.0. The van der Waals surface area contributed by atoms with Crippen LogP contribution in [0.4, 0.5) is 5.82 Å². The topological polar surface area (TPSA) is 323 Å². The minimum absolute atomic E-state index is 0.0618. The van der Waals surface area contributed by atoms with Gasteiger partial charge in [-0.15, -0.1) is 12.6 Å². The van der Waals surface area contributed by atoms with E-state index in [1.807, 2.05) is 24.3 Å². The van der Waals surface area contributed by atoms with Gasteiger partial charge in [0.15, 0.2) is 5.96 Å². The number of hydrazone groups is 1. The molecule has 64 heavy (non-hydrogen) atoms. The van der Waals surface area contributed by atoms with E-state index in [-0.39, 0.29) is 44.3 Å². The molecule has 0 spiro atoms. The summed E-state index contributed by atoms with van der Waals surface area (Å²) >= 11 is 4.39. The third kappa shape index (κ3) is 16.6. The van der Waals surface area contributed by atoms with Gasteiger partial charge in [0.2, 0.25) is 29.5 Å². The molecular weight excluding hydrogens is 849 g/mol. The number of pyridine rings is 1. The van der Waals surface area contributed by atoms with Crippen LogP contribution in [0.25, 0.3) is 0 Å². The van der Waals surface area contributed by atoms with Crippen LogP contribution in [-0.4, -0.2) is 114 Å². The molecule has 4 rings (SSSR count). The number of carboxylic acids is 1. The number of rotatable bonds is 18. The lowest BCUT2D eigenvalue weighted by Crippen LogP contribution is -2.59. The molecule has 0 bridgehead atoms. The molecular formula is C42H54N12O9S. The van der Waals surface area contributed by atoms with Crippen LogP contribution in [0.1, 0.15) is 61.0 Å². The van der Waals surface area contributed by atoms with Crippen molar-refractivity contribution < 1.29 is 43.4 Å². The summed E-state index contributed by atoms with van der Waals surface area (Å²) in [6, 6.07) is 12.0. The van der Waals surface area contributed by atoms with Crippen molar-refractivity contribution in [3.05, 3.63) is 83.6 Å². The van der Waals surface area contributed by atoms with Crippen LogP contribution in [0.15, 0.2) is 81.8 Å². The summed E-state index contributed by atoms with van der Waals surface area (Å²) in [7, 11) is 0. The molecule has 4 atom stereocenters. The SMILES string of the molecule is CC(C)[C@H]1NC(=O)C(CCCN=C(N)N)NC(=O)CNC(=O)C(CC(=O)O)NC(=O)[C@@H](Cc2ccc(OCCCNC(=O)c3ccc(NN=Cc4ccccc4S)nc3)cc2)NC1=O. The number of aliphatic imine (C=N–C) groups is 1. The quantitative estimate of drug-likeness (QED) is 0.0260. The predicted octanol–water partition coefficient (Wildman–Crippen LogP) is -0.189. The highest BCUT2D eigenvalue weighted by molar-refractivity contribution is 7.80. The van der Waals surface area contributed by atoms with Gasteiger partial charge in [0.1, 0.15) is 35.7 Å². The summed E-state index contributed by atoms with van der Waals surface area (Å²) < 4.78 is 5.84. The highest BCUT2D eigenvalue weighted by Crippen LogP contribution is 2.16. The van der Waals surface area contributed by atoms with E-state index in [0.717, 1.165) is 10.5 Å². The van der Waals surface area contributed by atoms with Crippen molar-refractivity contribution in [2.45, 2.75) is 75.0 Å². The van der Waals surface area contributed by atoms with E-state index in [2.05, 4.69) is 65.0 Å². The summed E-state index contributed by atoms with van der Waals surface area (Å²) in [6.45, 7) is 3.42. The zero-order valence-corrected chi connectivity index (χ0v) is 36.2. The van der Waals surface area contributed by atoms with E-state index >= 15 is 0 Å². The van der Waals surface area contributed by atoms with Crippen molar-refractivity contribution in [1.29, 1.82) is 0 Å². The molecule has 0 radical (unpaired) electrons. The zero-order valence-electron chi connectivity index (χ0n) is 35.3. The number of ether oxygens (including phenoxy) is 1. The lowest BCUT2D eigenvalue weighted by Gasteiger charge is -2.27. The minimum atomic E-state index is -1.62. The number of nitrogens with one attached hydrogen (secondary N) is 7. The number of hydrogen-bond donors (Lipinski definition) is 11. The summed E-state index contributed by atoms with van der Waals surface area (Å²) in [4.78, 5) is 100. The first-order chi connectivity index (χ1) is 30.6. The average molecular weight is 903 g/mol. The van der Waals surface area contributed by atoms with Crippen molar-refractivity contribution in [3.63, 3.8) is 0 Å². The van der Waals surface area contributed by atoms with E-state index in [1.165, 1.54) is 6.20 Å². The number of hydrogen-bond acceptors (Lipinski definition) is 13. The lowest BCUT2D eigenvalue weighted by molar-refractivity contribution is -0.141. The normalized spacial score (nSPS) is 18.6. The van der Waals surface area contributed by atoms with Gasteiger partial charge in [-0.25, -0.2) is 4.98 Å². The number of benzene rings is 2. The molecule has 1 aliphatic rings. The van der Waals surface area contributed by atoms with Gasteiger partial charge >= 0.3 is 5.97 Å². The monoisotopic (exact) mass is 902 g/mol. The molecule has 342 valence electrons. The van der Waals surface area contributed by atoms with Crippen LogP contribution in [0.2, 0.25) is 0 Å². The lowest BCUT2D eigenvalue weighted by atomic mass is 9.99. The standard InChI is InChI=1S/C42H54N12O9S/c1-24(2)36-41(62)52-30(40(61)51-31(20-35(56)57)38(59)48-23-34(55)50-29(39(60)53-36)8-5-16-46-42(43)44)19-25-10-13-28(14-11-25)63-18-6-17-45-37(58)27-12-15-33(47-21-27)54-49-22-26-7-3-4-9-32(26)64/h3-4,7,9-15,21-22,24,29-31,36,64H,5-6,8,16-20,23H2,1-2H3,(H,45,58)(H,47,54)(H,48,59)(H,50,55)(H,51,61)(H,52,62)(H,53,60)(H,56,57)(H4,43,44,46)/t29?,30-,31?,36-/m1/s1. The molecule has 21 nitrogen and oxygen atoms in total. The van der Waals surface area contributed by atoms with Crippen LogP contribution in [0.5, 0.6) is 5.75 Å². The van der Waals surface area contributed by atoms with Crippen molar-refractivity contribution in [1.82, 2.24) is 36.9 Å². The molecule has 22 heteroatoms. The van der Waals surface area contributed by atoms with Gasteiger partial charge in [-0.1, -0.05) is 44.2 Å². The number of nitrogens with two attached hydrogens (primary N) is 2. The smallest absolute Gasteiger partial charge is 0.305 e. The van der Waals surface area contributed by atoms with E-state index in [0.29, 0.717) is 35.7 Å². The second-order valence-corrected chi connectivity index (χ2v) is 15.4. The first kappa shape index (κ1) is 49.4. The maximum Gasteiger partial charge on any atom is 0.305 e. The van der Waals surface area contributed by atoms with Crippen LogP contribution in [-0.2, 0) is 35.2 Å². The van der Waals surface area contributed by atoms with Gasteiger partial charge in [0.25, 0.3) is 5.91 Å². The Morgan fingerprint density at radius 3 is 2.30 bits per heavy atom. The van der Waals surface area contributed by atoms with Crippen LogP contribution >= 0.6 is 12.6 Å². The second kappa shape index (κ2) is 25.0. The average Bonchev–Trinajstić information content (AvgIpc) is 3.25. The van der Waals surface area contributed by atoms with Gasteiger partial charge < -0.3 is 53.2 Å². The first-order valence-corrected chi connectivity index (χ1v) is 20.8. The number of aromatic nitrogens is 1. The molecule has 2 aromatic carbocycles. The van der Waals surface area contributed by atoms with E-state index in [9.17, 15) is 38.7 Å². The van der Waals surface area contributed by atoms with Gasteiger partial charge in [0.05, 0.1) is 31.4 Å². The molecule has 6 amide bonds. The Hall–Kier alpha value is -7.23. The van der Waals surface area contributed by atoms with Gasteiger partial charge in [0, 0.05) is 36.2 Å². The van der Waals surface area contributed by atoms with Crippen molar-refractivity contribution >= 4 is 72.0 Å². The van der Waals surface area contributed by atoms with Crippen LogP contribution in [0.3, 0.4) is 0 Å². The number of aliphatic carboxylic acids is 1. The molecule has 1 aromatic heterocycles. The Morgan fingerprint density at radius 2 is 1.62 bits per heavy atom. The number of guanidine groups is 1. The number of thiol groups is 1. The molecule has 0 saturated carbocycles. The second-order valence-electron chi connectivity index (χ2n) is 14.9. The maximum atomic E-state index is 13.8. The first-order valence-electron chi connectivity index (χ1n) is 20.4. The van der Waals surface area contributed by atoms with E-state index < -0.39 is 78.6 Å². The third-order valence-corrected chi connectivity index (χ3v) is 9.90. The zero-order chi connectivity index (χ0) is 46.6. The summed E-state index contributed by atoms with van der Waals surface area (Å²) in [5.74, 6) is -5.52. The molecule has 1 fully saturated rings. The number of anilines is 1. The predicted molar refractivity (Wildman–Crippen MR) is 239 cm³/mol. The maximum absolute atomic E-state index is 13.8. The number of carbonyl (C=O) groups is 7. The van der Waals surface area contributed by atoms with Gasteiger partial charge in [-0.3, -0.25) is 44.0 Å². The number of nitrogens with zero attached hydrogens (tertiary/aromatic N) is 3. The van der Waals surface area contributed by atoms with E-state index in [4.69, 9.17) is 16.2 Å². The van der Waals surface area contributed by atoms with Gasteiger partial charge in [-0.05, 0) is 61.1 Å². The molecule has 0 aliphatic carbocycles. The number of carboxylic acid groups (broad SMARTS) is 1. The van der Waals surface area contributed by atoms with Crippen molar-refractivity contribution in [3.8, 4) is 5.75 Å². The summed E-state index contributed by atoms with van der Waals surface area (Å²) in [6.07, 6.45) is 2.91. The van der Waals surface area contributed by atoms with Crippen molar-refractivity contribution in [2.24, 2.45) is 27.5 Å². The highest BCUT2D eigenvalue weighted by Gasteiger charge is 2.34. The van der Waals surface area contributed by atoms with Gasteiger partial charge in [-0.2, -0.15) is 5.10 Å². The molecule has 1 saturated heterocycles. The summed E-state index contributed by atoms with van der Waals surface area (Å²) in [5.41, 5.74) is 15.3. The Labute approximate surface area is 374 Å². The fourth-order valence-corrected chi connectivity index (χ4v) is 6.33. The fourth-order valence-electron chi connectivity index (χ4n) is 6.11. The number of carbonyl (C=O) groups excluding carboxylic acids is 6. The number of amides is 6. The Bertz CT molecular complexity index is 2170. The van der Waals surface area contributed by atoms with E-state index in [1.54, 1.807) is 56.5 Å². The molecule has 2 unspecified atom stereocenters. The fraction of sp³-hybridized carbons (Fsp3) is 0.381. The molecule has 2 heterocycles. The van der Waals surface area contributed by atoms with Crippen LogP contribution in [0, 0.1) is 5.92 Å². The third-order valence-electron chi connectivity index (χ3n) is 9.50. The molecule has 12 N–H and O–H groups in total. The van der Waals surface area contributed by atoms with Crippen LogP contribution < -0.4 is 53.5 Å². The molecule has 1 aliphatic heterocycles. The Kier molecular flexibility index (Phi) is 19.3. The highest BCUT2D eigenvalue weighted by atomic mass is 32.1. The Balaban J connectivity index is 1.36. The Morgan fingerprint density at radius 1 is 0.906 bits per heavy atom. The largest absolute Gasteiger partial charge is 0.494 e. The molecule has 3 aromatic rings.